The minimum atomic E-state index is 0.0642. The van der Waals surface area contributed by atoms with Gasteiger partial charge in [-0.15, -0.1) is 0 Å². The third kappa shape index (κ3) is 3.13. The van der Waals surface area contributed by atoms with Gasteiger partial charge in [0.2, 0.25) is 11.8 Å². The Morgan fingerprint density at radius 3 is 2.61 bits per heavy atom. The van der Waals surface area contributed by atoms with Crippen molar-refractivity contribution in [2.45, 2.75) is 69.2 Å². The number of rotatable bonds is 3. The first-order chi connectivity index (χ1) is 11.3. The summed E-state index contributed by atoms with van der Waals surface area (Å²) in [5.41, 5.74) is 0. The van der Waals surface area contributed by atoms with Gasteiger partial charge < -0.3 is 14.2 Å². The molecular weight excluding hydrogens is 294 g/mol. The van der Waals surface area contributed by atoms with Crippen LogP contribution >= 0.6 is 0 Å². The highest BCUT2D eigenvalue weighted by Crippen LogP contribution is 2.33. The summed E-state index contributed by atoms with van der Waals surface area (Å²) in [6.07, 6.45) is 8.85. The van der Waals surface area contributed by atoms with E-state index in [9.17, 15) is 4.79 Å². The molecule has 0 N–H and O–H groups in total. The highest BCUT2D eigenvalue weighted by Gasteiger charge is 2.38. The largest absolute Gasteiger partial charge is 0.381 e. The smallest absolute Gasteiger partial charge is 0.232 e. The van der Waals surface area contributed by atoms with Crippen molar-refractivity contribution in [2.24, 2.45) is 0 Å². The van der Waals surface area contributed by atoms with Crippen molar-refractivity contribution in [3.63, 3.8) is 0 Å². The van der Waals surface area contributed by atoms with Crippen molar-refractivity contribution in [1.82, 2.24) is 15.0 Å². The van der Waals surface area contributed by atoms with Crippen LogP contribution in [-0.2, 0) is 9.53 Å². The zero-order chi connectivity index (χ0) is 15.6. The summed E-state index contributed by atoms with van der Waals surface area (Å²) in [5.74, 6) is 1.96. The van der Waals surface area contributed by atoms with Crippen LogP contribution < -0.4 is 0 Å². The molecule has 0 bridgehead atoms. The van der Waals surface area contributed by atoms with Gasteiger partial charge in [0.05, 0.1) is 12.5 Å². The average Bonchev–Trinajstić information content (AvgIpc) is 3.25. The predicted molar refractivity (Wildman–Crippen MR) is 83.0 cm³/mol. The molecule has 23 heavy (non-hydrogen) atoms. The zero-order valence-electron chi connectivity index (χ0n) is 13.6. The minimum absolute atomic E-state index is 0.0642. The fraction of sp³-hybridized carbons (Fsp3) is 0.824. The van der Waals surface area contributed by atoms with E-state index in [0.29, 0.717) is 25.0 Å². The monoisotopic (exact) mass is 319 g/mol. The van der Waals surface area contributed by atoms with Crippen LogP contribution in [0.2, 0.25) is 0 Å². The molecule has 4 rings (SSSR count). The summed E-state index contributed by atoms with van der Waals surface area (Å²) in [6.45, 7) is 2.19. The lowest BCUT2D eigenvalue weighted by molar-refractivity contribution is -0.129. The van der Waals surface area contributed by atoms with Gasteiger partial charge in [-0.05, 0) is 19.3 Å². The van der Waals surface area contributed by atoms with E-state index in [2.05, 4.69) is 15.0 Å². The molecule has 1 saturated carbocycles. The SMILES string of the molecule is O=C1C[C@@H](c2nc([C@@H]3CCOC3)no2)CN1C1CCCCCC1. The van der Waals surface area contributed by atoms with E-state index < -0.39 is 0 Å². The highest BCUT2D eigenvalue weighted by molar-refractivity contribution is 5.79. The van der Waals surface area contributed by atoms with Gasteiger partial charge in [0.1, 0.15) is 0 Å². The van der Waals surface area contributed by atoms with E-state index in [1.807, 2.05) is 0 Å². The molecule has 6 heteroatoms. The van der Waals surface area contributed by atoms with Gasteiger partial charge in [-0.3, -0.25) is 4.79 Å². The average molecular weight is 319 g/mol. The standard InChI is InChI=1S/C17H25N3O3/c21-15-9-13(10-20(15)14-5-3-1-2-4-6-14)17-18-16(19-23-17)12-7-8-22-11-12/h12-14H,1-11H2/t12-,13-/m1/s1. The normalized spacial score (nSPS) is 30.1. The first-order valence-corrected chi connectivity index (χ1v) is 9.02. The van der Waals surface area contributed by atoms with Gasteiger partial charge in [-0.25, -0.2) is 0 Å². The maximum absolute atomic E-state index is 12.4. The zero-order valence-corrected chi connectivity index (χ0v) is 13.6. The number of amides is 1. The van der Waals surface area contributed by atoms with Crippen LogP contribution in [0, 0.1) is 0 Å². The maximum atomic E-state index is 12.4. The topological polar surface area (TPSA) is 68.5 Å². The number of hydrogen-bond acceptors (Lipinski definition) is 5. The van der Waals surface area contributed by atoms with Crippen LogP contribution in [0.3, 0.4) is 0 Å². The summed E-state index contributed by atoms with van der Waals surface area (Å²) >= 11 is 0. The van der Waals surface area contributed by atoms with Crippen molar-refractivity contribution in [3.8, 4) is 0 Å². The molecule has 3 fully saturated rings. The van der Waals surface area contributed by atoms with Crippen molar-refractivity contribution < 1.29 is 14.1 Å². The molecule has 2 atom stereocenters. The molecule has 1 aliphatic carbocycles. The molecule has 6 nitrogen and oxygen atoms in total. The fourth-order valence-electron chi connectivity index (χ4n) is 4.14. The summed E-state index contributed by atoms with van der Waals surface area (Å²) in [5, 5.41) is 4.12. The van der Waals surface area contributed by atoms with Gasteiger partial charge in [0, 0.05) is 31.5 Å². The molecule has 0 unspecified atom stereocenters. The van der Waals surface area contributed by atoms with Crippen LogP contribution in [0.1, 0.15) is 74.9 Å². The molecule has 1 amide bonds. The van der Waals surface area contributed by atoms with E-state index >= 15 is 0 Å². The number of likely N-dealkylation sites (tertiary alicyclic amines) is 1. The van der Waals surface area contributed by atoms with Crippen molar-refractivity contribution >= 4 is 5.91 Å². The Labute approximate surface area is 136 Å². The Morgan fingerprint density at radius 1 is 1.04 bits per heavy atom. The van der Waals surface area contributed by atoms with Gasteiger partial charge in [-0.1, -0.05) is 30.8 Å². The quantitative estimate of drug-likeness (QED) is 0.801. The fourth-order valence-corrected chi connectivity index (χ4v) is 4.14. The van der Waals surface area contributed by atoms with Crippen LogP contribution in [0.5, 0.6) is 0 Å². The first kappa shape index (κ1) is 15.1. The second kappa shape index (κ2) is 6.59. The maximum Gasteiger partial charge on any atom is 0.232 e. The molecule has 1 aromatic heterocycles. The molecule has 2 aliphatic heterocycles. The van der Waals surface area contributed by atoms with Gasteiger partial charge >= 0.3 is 0 Å². The van der Waals surface area contributed by atoms with E-state index in [1.54, 1.807) is 0 Å². The molecule has 2 saturated heterocycles. The minimum Gasteiger partial charge on any atom is -0.381 e. The van der Waals surface area contributed by atoms with Crippen LogP contribution in [0.15, 0.2) is 4.52 Å². The number of hydrogen-bond donors (Lipinski definition) is 0. The van der Waals surface area contributed by atoms with Crippen LogP contribution in [0.4, 0.5) is 0 Å². The Morgan fingerprint density at radius 2 is 1.87 bits per heavy atom. The lowest BCUT2D eigenvalue weighted by Gasteiger charge is -2.26. The second-order valence-electron chi connectivity index (χ2n) is 7.14. The third-order valence-corrected chi connectivity index (χ3v) is 5.53. The number of nitrogens with zero attached hydrogens (tertiary/aromatic N) is 3. The Hall–Kier alpha value is -1.43. The molecule has 3 aliphatic rings. The highest BCUT2D eigenvalue weighted by atomic mass is 16.5. The number of carbonyl (C=O) groups is 1. The molecular formula is C17H25N3O3. The molecule has 0 aromatic carbocycles. The van der Waals surface area contributed by atoms with E-state index in [4.69, 9.17) is 9.26 Å². The molecule has 0 spiro atoms. The Bertz CT molecular complexity index is 545. The molecule has 1 aromatic rings. The lowest BCUT2D eigenvalue weighted by atomic mass is 10.1. The van der Waals surface area contributed by atoms with Crippen LogP contribution in [-0.4, -0.2) is 46.7 Å². The van der Waals surface area contributed by atoms with Crippen molar-refractivity contribution in [2.75, 3.05) is 19.8 Å². The predicted octanol–water partition coefficient (Wildman–Crippen LogP) is 2.61. The van der Waals surface area contributed by atoms with E-state index in [1.165, 1.54) is 25.7 Å². The van der Waals surface area contributed by atoms with Crippen molar-refractivity contribution in [3.05, 3.63) is 11.7 Å². The van der Waals surface area contributed by atoms with Gasteiger partial charge in [0.25, 0.3) is 0 Å². The Kier molecular flexibility index (Phi) is 4.33. The Balaban J connectivity index is 1.43. The van der Waals surface area contributed by atoms with Gasteiger partial charge in [0.15, 0.2) is 5.82 Å². The molecule has 3 heterocycles. The molecule has 0 radical (unpaired) electrons. The summed E-state index contributed by atoms with van der Waals surface area (Å²) in [6, 6.07) is 0.417. The number of ether oxygens (including phenoxy) is 1. The summed E-state index contributed by atoms with van der Waals surface area (Å²) < 4.78 is 10.9. The first-order valence-electron chi connectivity index (χ1n) is 9.02. The lowest BCUT2D eigenvalue weighted by Crippen LogP contribution is -2.36. The molecule has 126 valence electrons. The second-order valence-corrected chi connectivity index (χ2v) is 7.14. The van der Waals surface area contributed by atoms with E-state index in [0.717, 1.165) is 38.2 Å². The summed E-state index contributed by atoms with van der Waals surface area (Å²) in [7, 11) is 0. The number of carbonyl (C=O) groups excluding carboxylic acids is 1. The van der Waals surface area contributed by atoms with Crippen LogP contribution in [0.25, 0.3) is 0 Å². The number of aromatic nitrogens is 2. The third-order valence-electron chi connectivity index (χ3n) is 5.53. The van der Waals surface area contributed by atoms with E-state index in [-0.39, 0.29) is 17.7 Å². The summed E-state index contributed by atoms with van der Waals surface area (Å²) in [4.78, 5) is 19.1. The van der Waals surface area contributed by atoms with Gasteiger partial charge in [-0.2, -0.15) is 4.98 Å². The van der Waals surface area contributed by atoms with Crippen molar-refractivity contribution in [1.29, 1.82) is 0 Å².